The molecule has 2 aromatic carbocycles. The van der Waals surface area contributed by atoms with Crippen molar-refractivity contribution < 1.29 is 27.1 Å². The van der Waals surface area contributed by atoms with E-state index in [2.05, 4.69) is 4.74 Å². The first-order valence-electron chi connectivity index (χ1n) is 7.39. The van der Waals surface area contributed by atoms with Crippen LogP contribution in [0.15, 0.2) is 47.4 Å². The number of halogens is 1. The molecular formula is C17H18FNO5S. The number of hydrogen-bond acceptors (Lipinski definition) is 5. The van der Waals surface area contributed by atoms with Crippen molar-refractivity contribution in [1.29, 1.82) is 0 Å². The van der Waals surface area contributed by atoms with Crippen LogP contribution in [-0.4, -0.2) is 35.2 Å². The van der Waals surface area contributed by atoms with Gasteiger partial charge in [0.15, 0.2) is 11.6 Å². The van der Waals surface area contributed by atoms with E-state index in [1.807, 2.05) is 0 Å². The van der Waals surface area contributed by atoms with Crippen LogP contribution in [0.3, 0.4) is 0 Å². The second kappa shape index (κ2) is 7.52. The Kier molecular flexibility index (Phi) is 5.63. The average molecular weight is 367 g/mol. The highest BCUT2D eigenvalue weighted by molar-refractivity contribution is 7.92. The fourth-order valence-electron chi connectivity index (χ4n) is 2.31. The smallest absolute Gasteiger partial charge is 0.337 e. The number of anilines is 1. The van der Waals surface area contributed by atoms with Crippen molar-refractivity contribution in [2.75, 3.05) is 25.1 Å². The lowest BCUT2D eigenvalue weighted by Gasteiger charge is -2.23. The number of methoxy groups -OCH3 is 2. The van der Waals surface area contributed by atoms with E-state index in [0.717, 1.165) is 10.4 Å². The predicted molar refractivity (Wildman–Crippen MR) is 90.9 cm³/mol. The third-order valence-electron chi connectivity index (χ3n) is 3.57. The maximum Gasteiger partial charge on any atom is 0.337 e. The van der Waals surface area contributed by atoms with Crippen LogP contribution in [0.5, 0.6) is 5.75 Å². The number of sulfonamides is 1. The summed E-state index contributed by atoms with van der Waals surface area (Å²) in [5.41, 5.74) is 0.654. The number of benzene rings is 2. The van der Waals surface area contributed by atoms with Crippen molar-refractivity contribution in [3.05, 3.63) is 53.8 Å². The number of carbonyl (C=O) groups is 1. The van der Waals surface area contributed by atoms with Crippen LogP contribution in [0.2, 0.25) is 0 Å². The van der Waals surface area contributed by atoms with Gasteiger partial charge >= 0.3 is 5.97 Å². The topological polar surface area (TPSA) is 72.9 Å². The molecule has 0 aliphatic heterocycles. The highest BCUT2D eigenvalue weighted by Gasteiger charge is 2.25. The Morgan fingerprint density at radius 2 is 1.76 bits per heavy atom. The molecule has 6 nitrogen and oxygen atoms in total. The molecule has 0 atom stereocenters. The van der Waals surface area contributed by atoms with Crippen LogP contribution in [0.4, 0.5) is 10.1 Å². The number of hydrogen-bond donors (Lipinski definition) is 0. The normalized spacial score (nSPS) is 11.0. The summed E-state index contributed by atoms with van der Waals surface area (Å²) in [5.74, 6) is -1.32. The van der Waals surface area contributed by atoms with Crippen LogP contribution < -0.4 is 9.04 Å². The Morgan fingerprint density at radius 1 is 1.12 bits per heavy atom. The van der Waals surface area contributed by atoms with Gasteiger partial charge in [0.1, 0.15) is 0 Å². The fourth-order valence-corrected chi connectivity index (χ4v) is 3.79. The Morgan fingerprint density at radius 3 is 2.24 bits per heavy atom. The molecule has 0 unspecified atom stereocenters. The minimum atomic E-state index is -3.97. The Labute approximate surface area is 145 Å². The molecule has 8 heteroatoms. The Bertz CT molecular complexity index is 865. The second-order valence-electron chi connectivity index (χ2n) is 5.00. The first kappa shape index (κ1) is 18.7. The molecule has 0 radical (unpaired) electrons. The second-order valence-corrected chi connectivity index (χ2v) is 6.87. The van der Waals surface area contributed by atoms with Crippen molar-refractivity contribution in [3.8, 4) is 5.75 Å². The number of esters is 1. The molecule has 0 heterocycles. The van der Waals surface area contributed by atoms with Gasteiger partial charge in [0.05, 0.1) is 30.4 Å². The molecule has 134 valence electrons. The van der Waals surface area contributed by atoms with Gasteiger partial charge in [-0.1, -0.05) is 0 Å². The van der Waals surface area contributed by atoms with E-state index in [4.69, 9.17) is 4.74 Å². The van der Waals surface area contributed by atoms with Crippen molar-refractivity contribution in [2.45, 2.75) is 11.8 Å². The van der Waals surface area contributed by atoms with Crippen LogP contribution in [0, 0.1) is 5.82 Å². The summed E-state index contributed by atoms with van der Waals surface area (Å²) >= 11 is 0. The van der Waals surface area contributed by atoms with Gasteiger partial charge in [0.25, 0.3) is 10.0 Å². The summed E-state index contributed by atoms with van der Waals surface area (Å²) in [6.45, 7) is 1.79. The van der Waals surface area contributed by atoms with Crippen LogP contribution in [0.25, 0.3) is 0 Å². The molecule has 0 amide bonds. The lowest BCUT2D eigenvalue weighted by molar-refractivity contribution is 0.0600. The van der Waals surface area contributed by atoms with Gasteiger partial charge < -0.3 is 9.47 Å². The van der Waals surface area contributed by atoms with Gasteiger partial charge in [-0.25, -0.2) is 17.6 Å². The maximum absolute atomic E-state index is 13.9. The molecule has 0 aromatic heterocycles. The van der Waals surface area contributed by atoms with Gasteiger partial charge in [-0.2, -0.15) is 0 Å². The van der Waals surface area contributed by atoms with Gasteiger partial charge in [0.2, 0.25) is 0 Å². The summed E-state index contributed by atoms with van der Waals surface area (Å²) in [4.78, 5) is 11.3. The molecular weight excluding hydrogens is 349 g/mol. The number of rotatable bonds is 6. The zero-order chi connectivity index (χ0) is 18.6. The predicted octanol–water partition coefficient (Wildman–Crippen LogP) is 2.84. The third-order valence-corrected chi connectivity index (χ3v) is 5.47. The van der Waals surface area contributed by atoms with Gasteiger partial charge in [-0.3, -0.25) is 4.31 Å². The molecule has 2 aromatic rings. The summed E-state index contributed by atoms with van der Waals surface area (Å²) in [6.07, 6.45) is 0. The summed E-state index contributed by atoms with van der Waals surface area (Å²) < 4.78 is 50.0. The van der Waals surface area contributed by atoms with Crippen molar-refractivity contribution in [3.63, 3.8) is 0 Å². The van der Waals surface area contributed by atoms with Crippen LogP contribution in [-0.2, 0) is 14.8 Å². The molecule has 2 rings (SSSR count). The van der Waals surface area contributed by atoms with E-state index in [-0.39, 0.29) is 17.2 Å². The molecule has 0 fully saturated rings. The van der Waals surface area contributed by atoms with Gasteiger partial charge in [-0.05, 0) is 49.4 Å². The van der Waals surface area contributed by atoms with Crippen LogP contribution in [0.1, 0.15) is 17.3 Å². The van der Waals surface area contributed by atoms with E-state index in [1.54, 1.807) is 6.92 Å². The summed E-state index contributed by atoms with van der Waals surface area (Å²) in [6, 6.07) is 9.38. The van der Waals surface area contributed by atoms with E-state index in [0.29, 0.717) is 11.3 Å². The van der Waals surface area contributed by atoms with E-state index in [9.17, 15) is 17.6 Å². The van der Waals surface area contributed by atoms with Crippen molar-refractivity contribution in [1.82, 2.24) is 0 Å². The Hall–Kier alpha value is -2.61. The molecule has 0 N–H and O–H groups in total. The highest BCUT2D eigenvalue weighted by atomic mass is 32.2. The Balaban J connectivity index is 2.41. The zero-order valence-corrected chi connectivity index (χ0v) is 14.8. The molecule has 0 saturated heterocycles. The first-order chi connectivity index (χ1) is 11.8. The monoisotopic (exact) mass is 367 g/mol. The minimum Gasteiger partial charge on any atom is -0.494 e. The van der Waals surface area contributed by atoms with Crippen molar-refractivity contribution >= 4 is 21.7 Å². The van der Waals surface area contributed by atoms with E-state index < -0.39 is 21.8 Å². The zero-order valence-electron chi connectivity index (χ0n) is 14.0. The first-order valence-corrected chi connectivity index (χ1v) is 8.83. The number of ether oxygens (including phenoxy) is 2. The number of carbonyl (C=O) groups excluding carboxylic acids is 1. The molecule has 25 heavy (non-hydrogen) atoms. The molecule has 0 aliphatic rings. The largest absolute Gasteiger partial charge is 0.494 e. The SMILES string of the molecule is CCN(c1ccc(C(=O)OC)cc1)S(=O)(=O)c1ccc(OC)c(F)c1. The molecule has 0 spiro atoms. The quantitative estimate of drug-likeness (QED) is 0.734. The third kappa shape index (κ3) is 3.74. The molecule has 0 saturated carbocycles. The lowest BCUT2D eigenvalue weighted by atomic mass is 10.2. The molecule has 0 bridgehead atoms. The maximum atomic E-state index is 13.9. The summed E-state index contributed by atoms with van der Waals surface area (Å²) in [7, 11) is -1.41. The average Bonchev–Trinajstić information content (AvgIpc) is 2.62. The van der Waals surface area contributed by atoms with E-state index in [1.165, 1.54) is 50.6 Å². The summed E-state index contributed by atoms with van der Waals surface area (Å²) in [5, 5.41) is 0. The fraction of sp³-hybridized carbons (Fsp3) is 0.235. The van der Waals surface area contributed by atoms with E-state index >= 15 is 0 Å². The van der Waals surface area contributed by atoms with Gasteiger partial charge in [-0.15, -0.1) is 0 Å². The van der Waals surface area contributed by atoms with Gasteiger partial charge in [0, 0.05) is 6.54 Å². The number of nitrogens with zero attached hydrogens (tertiary/aromatic N) is 1. The lowest BCUT2D eigenvalue weighted by Crippen LogP contribution is -2.30. The van der Waals surface area contributed by atoms with Crippen LogP contribution >= 0.6 is 0 Å². The molecule has 0 aliphatic carbocycles. The standard InChI is InChI=1S/C17H18FNO5S/c1-4-19(13-7-5-12(6-8-13)17(20)24-3)25(21,22)14-9-10-16(23-2)15(18)11-14/h5-11H,4H2,1-3H3. The highest BCUT2D eigenvalue weighted by Crippen LogP contribution is 2.27. The van der Waals surface area contributed by atoms with Crippen molar-refractivity contribution in [2.24, 2.45) is 0 Å². The minimum absolute atomic E-state index is 0.0376.